The minimum absolute atomic E-state index is 0.0383. The molecule has 7 nitrogen and oxygen atoms in total. The number of carbonyl (C=O) groups is 1. The molecule has 0 aliphatic heterocycles. The lowest BCUT2D eigenvalue weighted by atomic mass is 10.2. The van der Waals surface area contributed by atoms with Crippen LogP contribution in [-0.4, -0.2) is 31.6 Å². The smallest absolute Gasteiger partial charge is 0.277 e. The average molecular weight is 401 g/mol. The van der Waals surface area contributed by atoms with E-state index in [1.807, 2.05) is 6.92 Å². The Morgan fingerprint density at radius 3 is 2.56 bits per heavy atom. The van der Waals surface area contributed by atoms with Gasteiger partial charge in [0.15, 0.2) is 23.3 Å². The average Bonchev–Trinajstić information content (AvgIpc) is 3.25. The van der Waals surface area contributed by atoms with Crippen molar-refractivity contribution in [1.29, 1.82) is 0 Å². The molecule has 1 aromatic carbocycles. The number of amides is 1. The van der Waals surface area contributed by atoms with Crippen LogP contribution in [0.15, 0.2) is 28.0 Å². The Morgan fingerprint density at radius 2 is 1.93 bits per heavy atom. The third kappa shape index (κ3) is 4.27. The van der Waals surface area contributed by atoms with E-state index in [1.165, 1.54) is 0 Å². The highest BCUT2D eigenvalue weighted by Crippen LogP contribution is 2.25. The van der Waals surface area contributed by atoms with Crippen molar-refractivity contribution >= 4 is 23.4 Å². The maximum atomic E-state index is 13.5. The topological polar surface area (TPSA) is 85.8 Å². The van der Waals surface area contributed by atoms with Crippen molar-refractivity contribution in [2.45, 2.75) is 18.7 Å². The Labute approximate surface area is 153 Å². The normalized spacial score (nSPS) is 11.0. The molecule has 2 aromatic heterocycles. The molecule has 3 rings (SSSR count). The van der Waals surface area contributed by atoms with E-state index in [2.05, 4.69) is 15.3 Å². The molecule has 0 spiro atoms. The van der Waals surface area contributed by atoms with Gasteiger partial charge in [0.25, 0.3) is 5.22 Å². The maximum absolute atomic E-state index is 13.5. The fourth-order valence-corrected chi connectivity index (χ4v) is 2.62. The molecule has 27 heavy (non-hydrogen) atoms. The highest BCUT2D eigenvalue weighted by atomic mass is 32.2. The first-order valence-corrected chi connectivity index (χ1v) is 8.40. The van der Waals surface area contributed by atoms with Gasteiger partial charge in [-0.3, -0.25) is 9.48 Å². The van der Waals surface area contributed by atoms with Gasteiger partial charge in [-0.1, -0.05) is 11.8 Å². The maximum Gasteiger partial charge on any atom is 0.277 e. The molecular weight excluding hydrogens is 390 g/mol. The molecule has 1 N–H and O–H groups in total. The summed E-state index contributed by atoms with van der Waals surface area (Å²) in [6, 6.07) is 1.85. The lowest BCUT2D eigenvalue weighted by molar-refractivity contribution is -0.113. The van der Waals surface area contributed by atoms with Crippen molar-refractivity contribution in [2.24, 2.45) is 0 Å². The molecule has 2 heterocycles. The van der Waals surface area contributed by atoms with Gasteiger partial charge in [0.05, 0.1) is 5.75 Å². The van der Waals surface area contributed by atoms with Crippen molar-refractivity contribution in [2.75, 3.05) is 11.1 Å². The second kappa shape index (κ2) is 7.78. The monoisotopic (exact) mass is 401 g/mol. The molecule has 12 heteroatoms. The van der Waals surface area contributed by atoms with Gasteiger partial charge in [0.2, 0.25) is 11.8 Å². The predicted octanol–water partition coefficient (Wildman–Crippen LogP) is 2.91. The van der Waals surface area contributed by atoms with E-state index < -0.39 is 34.9 Å². The molecule has 0 saturated heterocycles. The first-order chi connectivity index (χ1) is 12.8. The molecule has 3 aromatic rings. The Kier molecular flexibility index (Phi) is 5.44. The summed E-state index contributed by atoms with van der Waals surface area (Å²) in [7, 11) is 0. The van der Waals surface area contributed by atoms with Crippen LogP contribution in [0, 0.1) is 30.2 Å². The van der Waals surface area contributed by atoms with E-state index in [9.17, 15) is 22.4 Å². The van der Waals surface area contributed by atoms with Crippen LogP contribution in [0.1, 0.15) is 11.6 Å². The van der Waals surface area contributed by atoms with Crippen LogP contribution in [-0.2, 0) is 11.3 Å². The van der Waals surface area contributed by atoms with Crippen LogP contribution >= 0.6 is 11.8 Å². The number of nitrogens with one attached hydrogen (secondary N) is 1. The molecule has 0 fully saturated rings. The number of carbonyl (C=O) groups excluding carboxylic acids is 1. The SMILES string of the molecule is Cc1ccnn1Cc1nnc(SCC(=O)Nc2c(F)c(F)cc(F)c2F)o1. The summed E-state index contributed by atoms with van der Waals surface area (Å²) >= 11 is 0.791. The van der Waals surface area contributed by atoms with Crippen molar-refractivity contribution in [3.05, 3.63) is 53.2 Å². The number of rotatable bonds is 6. The summed E-state index contributed by atoms with van der Waals surface area (Å²) < 4.78 is 60.3. The molecular formula is C15H11F4N5O2S. The van der Waals surface area contributed by atoms with E-state index >= 15 is 0 Å². The number of halogens is 4. The van der Waals surface area contributed by atoms with Crippen molar-refractivity contribution in [1.82, 2.24) is 20.0 Å². The van der Waals surface area contributed by atoms with Crippen LogP contribution in [0.5, 0.6) is 0 Å². The van der Waals surface area contributed by atoms with Crippen molar-refractivity contribution < 1.29 is 26.8 Å². The lowest BCUT2D eigenvalue weighted by Crippen LogP contribution is -2.17. The molecule has 0 saturated carbocycles. The summed E-state index contributed by atoms with van der Waals surface area (Å²) in [6.07, 6.45) is 1.61. The fourth-order valence-electron chi connectivity index (χ4n) is 2.04. The van der Waals surface area contributed by atoms with Gasteiger partial charge in [-0.25, -0.2) is 17.6 Å². The van der Waals surface area contributed by atoms with Gasteiger partial charge in [0, 0.05) is 18.0 Å². The highest BCUT2D eigenvalue weighted by molar-refractivity contribution is 7.99. The Bertz CT molecular complexity index is 964. The number of aryl methyl sites for hydroxylation is 1. The van der Waals surface area contributed by atoms with Gasteiger partial charge in [-0.2, -0.15) is 5.10 Å². The standard InChI is InChI=1S/C15H11F4N5O2S/c1-7-2-3-20-24(7)5-11-22-23-15(26-11)27-6-10(25)21-14-12(18)8(16)4-9(17)13(14)19/h2-4H,5-6H2,1H3,(H,21,25). The fraction of sp³-hybridized carbons (Fsp3) is 0.200. The number of nitrogens with zero attached hydrogens (tertiary/aromatic N) is 4. The highest BCUT2D eigenvalue weighted by Gasteiger charge is 2.21. The Hall–Kier alpha value is -2.89. The number of thioether (sulfide) groups is 1. The van der Waals surface area contributed by atoms with Crippen LogP contribution in [0.3, 0.4) is 0 Å². The van der Waals surface area contributed by atoms with Crippen molar-refractivity contribution in [3.63, 3.8) is 0 Å². The van der Waals surface area contributed by atoms with E-state index in [4.69, 9.17) is 4.42 Å². The second-order valence-electron chi connectivity index (χ2n) is 5.27. The van der Waals surface area contributed by atoms with Gasteiger partial charge >= 0.3 is 0 Å². The zero-order chi connectivity index (χ0) is 19.6. The minimum Gasteiger partial charge on any atom is -0.414 e. The van der Waals surface area contributed by atoms with Crippen LogP contribution in [0.4, 0.5) is 23.2 Å². The third-order valence-electron chi connectivity index (χ3n) is 3.37. The molecule has 0 atom stereocenters. The first kappa shape index (κ1) is 18.9. The van der Waals surface area contributed by atoms with Crippen molar-refractivity contribution in [3.8, 4) is 0 Å². The van der Waals surface area contributed by atoms with E-state index in [0.717, 1.165) is 17.5 Å². The van der Waals surface area contributed by atoms with Gasteiger partial charge in [-0.15, -0.1) is 10.2 Å². The molecule has 1 amide bonds. The molecule has 0 bridgehead atoms. The van der Waals surface area contributed by atoms with E-state index in [0.29, 0.717) is 0 Å². The molecule has 0 aliphatic rings. The van der Waals surface area contributed by atoms with Gasteiger partial charge in [-0.05, 0) is 13.0 Å². The number of hydrogen-bond acceptors (Lipinski definition) is 6. The van der Waals surface area contributed by atoms with E-state index in [-0.39, 0.29) is 29.5 Å². The Balaban J connectivity index is 1.60. The zero-order valence-electron chi connectivity index (χ0n) is 13.7. The zero-order valence-corrected chi connectivity index (χ0v) is 14.5. The summed E-state index contributed by atoms with van der Waals surface area (Å²) in [5, 5.41) is 13.4. The minimum atomic E-state index is -1.69. The molecule has 0 unspecified atom stereocenters. The first-order valence-electron chi connectivity index (χ1n) is 7.41. The van der Waals surface area contributed by atoms with Gasteiger partial charge in [0.1, 0.15) is 12.2 Å². The number of benzene rings is 1. The third-order valence-corrected chi connectivity index (χ3v) is 4.18. The molecule has 0 radical (unpaired) electrons. The summed E-state index contributed by atoms with van der Waals surface area (Å²) in [5.74, 6) is -7.66. The summed E-state index contributed by atoms with van der Waals surface area (Å²) in [4.78, 5) is 11.8. The van der Waals surface area contributed by atoms with Crippen LogP contribution < -0.4 is 5.32 Å². The number of hydrogen-bond donors (Lipinski definition) is 1. The summed E-state index contributed by atoms with van der Waals surface area (Å²) in [6.45, 7) is 2.08. The molecule has 142 valence electrons. The lowest BCUT2D eigenvalue weighted by Gasteiger charge is -2.08. The predicted molar refractivity (Wildman–Crippen MR) is 86.0 cm³/mol. The summed E-state index contributed by atoms with van der Waals surface area (Å²) in [5.41, 5.74) is -0.313. The van der Waals surface area contributed by atoms with Gasteiger partial charge < -0.3 is 9.73 Å². The quantitative estimate of drug-likeness (QED) is 0.388. The molecule has 0 aliphatic carbocycles. The van der Waals surface area contributed by atoms with E-state index in [1.54, 1.807) is 22.3 Å². The number of anilines is 1. The second-order valence-corrected chi connectivity index (χ2v) is 6.20. The largest absolute Gasteiger partial charge is 0.414 e. The van der Waals surface area contributed by atoms with Crippen LogP contribution in [0.25, 0.3) is 0 Å². The Morgan fingerprint density at radius 1 is 1.22 bits per heavy atom. The van der Waals surface area contributed by atoms with Crippen LogP contribution in [0.2, 0.25) is 0 Å². The number of aromatic nitrogens is 4.